The molecular formula is C22H23F3N4O3. The molecule has 0 radical (unpaired) electrons. The van der Waals surface area contributed by atoms with Crippen LogP contribution < -0.4 is 10.5 Å². The number of ether oxygens (including phenoxy) is 2. The van der Waals surface area contributed by atoms with Crippen LogP contribution in [0.2, 0.25) is 0 Å². The number of aromatic nitrogens is 2. The summed E-state index contributed by atoms with van der Waals surface area (Å²) in [5.74, 6) is -1.30. The van der Waals surface area contributed by atoms with Crippen molar-refractivity contribution in [3.63, 3.8) is 0 Å². The number of carbonyl (C=O) groups is 1. The van der Waals surface area contributed by atoms with Crippen molar-refractivity contribution in [3.8, 4) is 5.88 Å². The predicted molar refractivity (Wildman–Crippen MR) is 109 cm³/mol. The molecule has 0 amide bonds. The molecule has 0 unspecified atom stereocenters. The molecule has 0 bridgehead atoms. The van der Waals surface area contributed by atoms with Crippen LogP contribution in [0.15, 0.2) is 35.6 Å². The van der Waals surface area contributed by atoms with E-state index in [0.717, 1.165) is 12.6 Å². The summed E-state index contributed by atoms with van der Waals surface area (Å²) in [6.45, 7) is -0.0152. The van der Waals surface area contributed by atoms with Crippen LogP contribution in [0.5, 0.6) is 5.88 Å². The minimum atomic E-state index is -1.51. The molecule has 1 aromatic carbocycles. The highest BCUT2D eigenvalue weighted by Crippen LogP contribution is 2.50. The van der Waals surface area contributed by atoms with Gasteiger partial charge in [-0.15, -0.1) is 0 Å². The zero-order chi connectivity index (χ0) is 22.9. The van der Waals surface area contributed by atoms with E-state index in [1.807, 2.05) is 6.92 Å². The Morgan fingerprint density at radius 3 is 2.78 bits per heavy atom. The third kappa shape index (κ3) is 3.89. The second kappa shape index (κ2) is 8.76. The number of rotatable bonds is 7. The molecule has 2 N–H and O–H groups in total. The largest absolute Gasteiger partial charge is 0.461 e. The highest BCUT2D eigenvalue weighted by Gasteiger charge is 2.54. The molecule has 1 aromatic heterocycles. The van der Waals surface area contributed by atoms with E-state index in [1.54, 1.807) is 0 Å². The number of hydrogen-bond donors (Lipinski definition) is 1. The Hall–Kier alpha value is -3.17. The lowest BCUT2D eigenvalue weighted by Crippen LogP contribution is -2.49. The summed E-state index contributed by atoms with van der Waals surface area (Å²) in [5, 5.41) is 0. The molecule has 2 heterocycles. The fraction of sp³-hybridized carbons (Fsp3) is 0.455. The quantitative estimate of drug-likeness (QED) is 0.653. The summed E-state index contributed by atoms with van der Waals surface area (Å²) in [6, 6.07) is 3.96. The number of benzene rings is 1. The van der Waals surface area contributed by atoms with Crippen molar-refractivity contribution in [3.05, 3.63) is 53.2 Å². The number of halogens is 3. The van der Waals surface area contributed by atoms with Gasteiger partial charge in [0, 0.05) is 17.9 Å². The molecule has 1 aliphatic carbocycles. The van der Waals surface area contributed by atoms with Crippen LogP contribution in [-0.4, -0.2) is 41.4 Å². The van der Waals surface area contributed by atoms with Gasteiger partial charge in [-0.3, -0.25) is 4.79 Å². The molecule has 1 aliphatic heterocycles. The number of carbonyl (C=O) groups excluding carboxylic acids is 1. The van der Waals surface area contributed by atoms with Gasteiger partial charge in [-0.2, -0.15) is 0 Å². The molecule has 4 rings (SSSR count). The lowest BCUT2D eigenvalue weighted by Gasteiger charge is -2.41. The Labute approximate surface area is 182 Å². The third-order valence-electron chi connectivity index (χ3n) is 6.25. The average molecular weight is 448 g/mol. The summed E-state index contributed by atoms with van der Waals surface area (Å²) >= 11 is 0. The normalized spacial score (nSPS) is 26.8. The number of Topliss-reactive ketones (excluding diaryl/α,β-unsaturated/α-hetero) is 1. The fourth-order valence-corrected chi connectivity index (χ4v) is 4.66. The number of nitrogens with zero attached hydrogens (tertiary/aromatic N) is 3. The molecule has 1 saturated carbocycles. The van der Waals surface area contributed by atoms with Gasteiger partial charge in [-0.25, -0.2) is 28.1 Å². The average Bonchev–Trinajstić information content (AvgIpc) is 3.16. The first-order chi connectivity index (χ1) is 15.4. The van der Waals surface area contributed by atoms with Crippen LogP contribution in [0.4, 0.5) is 13.2 Å². The topological polar surface area (TPSA) is 99.7 Å². The molecule has 32 heavy (non-hydrogen) atoms. The van der Waals surface area contributed by atoms with E-state index >= 15 is 0 Å². The van der Waals surface area contributed by atoms with E-state index in [4.69, 9.17) is 10.5 Å². The second-order valence-corrected chi connectivity index (χ2v) is 8.16. The van der Waals surface area contributed by atoms with E-state index < -0.39 is 30.7 Å². The molecule has 1 fully saturated rings. The van der Waals surface area contributed by atoms with E-state index in [2.05, 4.69) is 19.7 Å². The number of nitrogens with two attached hydrogens (primary N) is 1. The Kier molecular flexibility index (Phi) is 6.03. The molecule has 170 valence electrons. The number of fused-ring (bicyclic) bond motifs is 1. The van der Waals surface area contributed by atoms with Gasteiger partial charge in [-0.05, 0) is 36.5 Å². The number of aliphatic imine (C=N–C) groups is 1. The van der Waals surface area contributed by atoms with Crippen LogP contribution in [0.25, 0.3) is 0 Å². The monoisotopic (exact) mass is 448 g/mol. The zero-order valence-corrected chi connectivity index (χ0v) is 17.4. The first-order valence-corrected chi connectivity index (χ1v) is 10.3. The van der Waals surface area contributed by atoms with Gasteiger partial charge in [0.05, 0.1) is 12.4 Å². The number of ketones is 1. The van der Waals surface area contributed by atoms with Crippen LogP contribution in [0.3, 0.4) is 0 Å². The maximum atomic E-state index is 15.0. The molecule has 0 spiro atoms. The Morgan fingerprint density at radius 2 is 2.09 bits per heavy atom. The molecule has 10 heteroatoms. The van der Waals surface area contributed by atoms with E-state index in [9.17, 15) is 18.0 Å². The Balaban J connectivity index is 1.65. The lowest BCUT2D eigenvalue weighted by atomic mass is 9.75. The highest BCUT2D eigenvalue weighted by molar-refractivity contribution is 5.95. The Bertz CT molecular complexity index is 1030. The van der Waals surface area contributed by atoms with Gasteiger partial charge in [0.1, 0.15) is 29.8 Å². The van der Waals surface area contributed by atoms with E-state index in [-0.39, 0.29) is 47.5 Å². The standard InChI is InChI=1S/C22H23F3N4O3/c1-12-2-4-14-20(12)32-21(26)29-22(14,10-23)15-6-13(3-5-16(15)25)7-18(30)17-8-28-19(9-27-17)31-11-24/h3,5-6,8-9,12,14,20H,2,4,7,10-11H2,1H3,(H2,26,29)/t12-,14-,20+,22-/m0/s1. The fourth-order valence-electron chi connectivity index (χ4n) is 4.66. The van der Waals surface area contributed by atoms with Crippen LogP contribution >= 0.6 is 0 Å². The molecule has 7 nitrogen and oxygen atoms in total. The summed E-state index contributed by atoms with van der Waals surface area (Å²) in [4.78, 5) is 24.6. The molecule has 2 aromatic rings. The number of hydrogen-bond acceptors (Lipinski definition) is 7. The van der Waals surface area contributed by atoms with Crippen molar-refractivity contribution in [1.29, 1.82) is 0 Å². The van der Waals surface area contributed by atoms with Gasteiger partial charge in [0.25, 0.3) is 6.02 Å². The zero-order valence-electron chi connectivity index (χ0n) is 17.4. The van der Waals surface area contributed by atoms with Gasteiger partial charge < -0.3 is 15.2 Å². The highest BCUT2D eigenvalue weighted by atomic mass is 19.1. The van der Waals surface area contributed by atoms with Crippen LogP contribution in [0.1, 0.15) is 41.4 Å². The summed E-state index contributed by atoms with van der Waals surface area (Å²) < 4.78 is 52.0. The minimum Gasteiger partial charge on any atom is -0.461 e. The van der Waals surface area contributed by atoms with Crippen molar-refractivity contribution < 1.29 is 27.4 Å². The number of alkyl halides is 2. The lowest BCUT2D eigenvalue weighted by molar-refractivity contribution is 0.0297. The first-order valence-electron chi connectivity index (χ1n) is 10.3. The smallest absolute Gasteiger partial charge is 0.283 e. The SMILES string of the molecule is C[C@H]1CC[C@H]2[C@@H]1OC(N)=N[C@]2(CF)c1cc(CC(=O)c2cnc(OCF)cn2)ccc1F. The van der Waals surface area contributed by atoms with Crippen molar-refractivity contribution in [2.45, 2.75) is 37.8 Å². The third-order valence-corrected chi connectivity index (χ3v) is 6.25. The first kappa shape index (κ1) is 22.0. The maximum Gasteiger partial charge on any atom is 0.283 e. The second-order valence-electron chi connectivity index (χ2n) is 8.16. The molecular weight excluding hydrogens is 425 g/mol. The van der Waals surface area contributed by atoms with Crippen molar-refractivity contribution >= 4 is 11.8 Å². The molecule has 2 aliphatic rings. The minimum absolute atomic E-state index is 0.0419. The van der Waals surface area contributed by atoms with Gasteiger partial charge in [0.2, 0.25) is 12.7 Å². The van der Waals surface area contributed by atoms with Crippen molar-refractivity contribution in [1.82, 2.24) is 9.97 Å². The van der Waals surface area contributed by atoms with Crippen molar-refractivity contribution in [2.75, 3.05) is 13.5 Å². The van der Waals surface area contributed by atoms with Crippen molar-refractivity contribution in [2.24, 2.45) is 22.6 Å². The van der Waals surface area contributed by atoms with Gasteiger partial charge in [-0.1, -0.05) is 13.0 Å². The van der Waals surface area contributed by atoms with E-state index in [0.29, 0.717) is 12.0 Å². The number of amidine groups is 1. The van der Waals surface area contributed by atoms with Gasteiger partial charge >= 0.3 is 0 Å². The Morgan fingerprint density at radius 1 is 1.28 bits per heavy atom. The van der Waals surface area contributed by atoms with Gasteiger partial charge in [0.15, 0.2) is 5.78 Å². The van der Waals surface area contributed by atoms with Crippen LogP contribution in [-0.2, 0) is 16.7 Å². The van der Waals surface area contributed by atoms with E-state index in [1.165, 1.54) is 24.4 Å². The molecule has 4 atom stereocenters. The van der Waals surface area contributed by atoms with Crippen LogP contribution in [0, 0.1) is 17.7 Å². The predicted octanol–water partition coefficient (Wildman–Crippen LogP) is 3.27. The summed E-state index contributed by atoms with van der Waals surface area (Å²) in [6.07, 6.45) is 3.26. The summed E-state index contributed by atoms with van der Waals surface area (Å²) in [5.41, 5.74) is 4.91. The summed E-state index contributed by atoms with van der Waals surface area (Å²) in [7, 11) is 0. The molecule has 0 saturated heterocycles. The maximum absolute atomic E-state index is 15.0.